The number of nitrogens with one attached hydrogen (secondary N) is 1. The van der Waals surface area contributed by atoms with E-state index in [0.717, 1.165) is 35.7 Å². The molecule has 1 fully saturated rings. The summed E-state index contributed by atoms with van der Waals surface area (Å²) in [7, 11) is 0. The molecule has 0 atom stereocenters. The summed E-state index contributed by atoms with van der Waals surface area (Å²) in [5.74, 6) is 0.646. The second kappa shape index (κ2) is 8.80. The minimum absolute atomic E-state index is 0.0932. The normalized spacial score (nSPS) is 14.5. The molecule has 1 aliphatic heterocycles. The monoisotopic (exact) mass is 400 g/mol. The number of hydrogen-bond donors (Lipinski definition) is 1. The lowest BCUT2D eigenvalue weighted by atomic mass is 10.1. The molecule has 1 aliphatic rings. The SMILES string of the molecule is C=C/C=C(\C=C)Nc1cc(=O)c2cncc(N3CCOCC3)c2n1-c1ccccc1. The van der Waals surface area contributed by atoms with Crippen molar-refractivity contribution >= 4 is 22.4 Å². The summed E-state index contributed by atoms with van der Waals surface area (Å²) in [6.07, 6.45) is 8.65. The molecule has 152 valence electrons. The van der Waals surface area contributed by atoms with E-state index in [2.05, 4.69) is 32.9 Å². The van der Waals surface area contributed by atoms with Crippen LogP contribution in [-0.2, 0) is 4.74 Å². The Morgan fingerprint density at radius 2 is 1.90 bits per heavy atom. The Morgan fingerprint density at radius 3 is 2.60 bits per heavy atom. The van der Waals surface area contributed by atoms with Crippen molar-refractivity contribution in [3.63, 3.8) is 0 Å². The first kappa shape index (κ1) is 19.7. The van der Waals surface area contributed by atoms with Crippen LogP contribution in [0, 0.1) is 0 Å². The highest BCUT2D eigenvalue weighted by molar-refractivity contribution is 5.93. The Kier molecular flexibility index (Phi) is 5.77. The first-order chi connectivity index (χ1) is 14.7. The van der Waals surface area contributed by atoms with Crippen LogP contribution in [0.25, 0.3) is 16.6 Å². The zero-order valence-electron chi connectivity index (χ0n) is 16.8. The van der Waals surface area contributed by atoms with E-state index in [1.807, 2.05) is 42.6 Å². The number of anilines is 2. The standard InChI is InChI=1S/C24H24N4O2/c1-3-8-18(4-2)26-23-15-22(29)20-16-25-17-21(27-11-13-30-14-12-27)24(20)28(23)19-9-6-5-7-10-19/h3-10,15-17,26H,1-2,11-14H2/b18-8+. The molecule has 6 nitrogen and oxygen atoms in total. The molecule has 2 aromatic heterocycles. The predicted molar refractivity (Wildman–Crippen MR) is 122 cm³/mol. The molecule has 1 N–H and O–H groups in total. The number of aromatic nitrogens is 2. The molecule has 0 saturated carbocycles. The van der Waals surface area contributed by atoms with Crippen molar-refractivity contribution in [3.8, 4) is 5.69 Å². The van der Waals surface area contributed by atoms with Gasteiger partial charge in [-0.3, -0.25) is 14.3 Å². The molecular formula is C24H24N4O2. The quantitative estimate of drug-likeness (QED) is 0.636. The number of benzene rings is 1. The second-order valence-electron chi connectivity index (χ2n) is 6.91. The maximum atomic E-state index is 13.0. The van der Waals surface area contributed by atoms with E-state index in [9.17, 15) is 4.79 Å². The number of nitrogens with zero attached hydrogens (tertiary/aromatic N) is 3. The van der Waals surface area contributed by atoms with Gasteiger partial charge in [-0.15, -0.1) is 0 Å². The number of morpholine rings is 1. The summed E-state index contributed by atoms with van der Waals surface area (Å²) in [5.41, 5.74) is 3.32. The van der Waals surface area contributed by atoms with Crippen LogP contribution in [-0.4, -0.2) is 35.9 Å². The van der Waals surface area contributed by atoms with E-state index in [0.29, 0.717) is 24.4 Å². The van der Waals surface area contributed by atoms with Gasteiger partial charge in [-0.25, -0.2) is 0 Å². The number of ether oxygens (including phenoxy) is 1. The third-order valence-corrected chi connectivity index (χ3v) is 5.05. The summed E-state index contributed by atoms with van der Waals surface area (Å²) in [6.45, 7) is 10.4. The van der Waals surface area contributed by atoms with Crippen LogP contribution in [0.4, 0.5) is 11.5 Å². The molecule has 1 saturated heterocycles. The molecule has 0 radical (unpaired) electrons. The van der Waals surface area contributed by atoms with Crippen LogP contribution in [0.15, 0.2) is 90.7 Å². The highest BCUT2D eigenvalue weighted by Gasteiger charge is 2.20. The van der Waals surface area contributed by atoms with E-state index in [-0.39, 0.29) is 5.43 Å². The van der Waals surface area contributed by atoms with Gasteiger partial charge in [0.1, 0.15) is 5.82 Å². The minimum Gasteiger partial charge on any atom is -0.378 e. The second-order valence-corrected chi connectivity index (χ2v) is 6.91. The van der Waals surface area contributed by atoms with Crippen molar-refractivity contribution in [1.29, 1.82) is 0 Å². The lowest BCUT2D eigenvalue weighted by molar-refractivity contribution is 0.123. The van der Waals surface area contributed by atoms with Gasteiger partial charge in [0.05, 0.1) is 36.0 Å². The van der Waals surface area contributed by atoms with Crippen LogP contribution in [0.1, 0.15) is 0 Å². The highest BCUT2D eigenvalue weighted by Crippen LogP contribution is 2.31. The maximum Gasteiger partial charge on any atom is 0.193 e. The highest BCUT2D eigenvalue weighted by atomic mass is 16.5. The van der Waals surface area contributed by atoms with E-state index in [4.69, 9.17) is 4.74 Å². The Balaban J connectivity index is 2.04. The molecule has 30 heavy (non-hydrogen) atoms. The fourth-order valence-electron chi connectivity index (χ4n) is 3.65. The molecule has 1 aromatic carbocycles. The van der Waals surface area contributed by atoms with Gasteiger partial charge in [0.15, 0.2) is 5.43 Å². The van der Waals surface area contributed by atoms with Crippen LogP contribution in [0.3, 0.4) is 0 Å². The topological polar surface area (TPSA) is 59.4 Å². The van der Waals surface area contributed by atoms with Gasteiger partial charge in [-0.05, 0) is 24.3 Å². The summed E-state index contributed by atoms with van der Waals surface area (Å²) >= 11 is 0. The molecule has 3 heterocycles. The Morgan fingerprint density at radius 1 is 1.13 bits per heavy atom. The number of pyridine rings is 2. The molecule has 0 unspecified atom stereocenters. The van der Waals surface area contributed by atoms with Crippen LogP contribution in [0.5, 0.6) is 0 Å². The number of hydrogen-bond acceptors (Lipinski definition) is 5. The fourth-order valence-corrected chi connectivity index (χ4v) is 3.65. The molecule has 0 spiro atoms. The molecule has 0 bridgehead atoms. The van der Waals surface area contributed by atoms with Crippen LogP contribution >= 0.6 is 0 Å². The third-order valence-electron chi connectivity index (χ3n) is 5.05. The van der Waals surface area contributed by atoms with Crippen molar-refractivity contribution < 1.29 is 4.74 Å². The predicted octanol–water partition coefficient (Wildman–Crippen LogP) is 3.89. The smallest absolute Gasteiger partial charge is 0.193 e. The van der Waals surface area contributed by atoms with Gasteiger partial charge in [0.2, 0.25) is 0 Å². The van der Waals surface area contributed by atoms with Crippen LogP contribution < -0.4 is 15.6 Å². The number of para-hydroxylation sites is 1. The summed E-state index contributed by atoms with van der Waals surface area (Å²) in [4.78, 5) is 19.6. The number of rotatable bonds is 6. The first-order valence-electron chi connectivity index (χ1n) is 9.87. The molecule has 4 rings (SSSR count). The van der Waals surface area contributed by atoms with E-state index in [1.165, 1.54) is 0 Å². The number of allylic oxidation sites excluding steroid dienone is 3. The molecule has 6 heteroatoms. The fraction of sp³-hybridized carbons (Fsp3) is 0.167. The lowest BCUT2D eigenvalue weighted by Gasteiger charge is -2.30. The molecular weight excluding hydrogens is 376 g/mol. The first-order valence-corrected chi connectivity index (χ1v) is 9.87. The van der Waals surface area contributed by atoms with Gasteiger partial charge in [0.25, 0.3) is 0 Å². The zero-order valence-corrected chi connectivity index (χ0v) is 16.8. The lowest BCUT2D eigenvalue weighted by Crippen LogP contribution is -2.36. The van der Waals surface area contributed by atoms with Gasteiger partial charge in [0, 0.05) is 36.7 Å². The van der Waals surface area contributed by atoms with Crippen LogP contribution in [0.2, 0.25) is 0 Å². The zero-order chi connectivity index (χ0) is 20.9. The van der Waals surface area contributed by atoms with Crippen molar-refractivity contribution in [1.82, 2.24) is 9.55 Å². The molecule has 3 aromatic rings. The molecule has 0 amide bonds. The van der Waals surface area contributed by atoms with Crippen molar-refractivity contribution in [2.45, 2.75) is 0 Å². The third kappa shape index (κ3) is 3.77. The van der Waals surface area contributed by atoms with Gasteiger partial charge >= 0.3 is 0 Å². The summed E-state index contributed by atoms with van der Waals surface area (Å²) in [5, 5.41) is 3.90. The largest absolute Gasteiger partial charge is 0.378 e. The Bertz CT molecular complexity index is 1160. The van der Waals surface area contributed by atoms with E-state index in [1.54, 1.807) is 24.4 Å². The number of fused-ring (bicyclic) bond motifs is 1. The average Bonchev–Trinajstić information content (AvgIpc) is 2.80. The van der Waals surface area contributed by atoms with Crippen molar-refractivity contribution in [3.05, 3.63) is 96.1 Å². The van der Waals surface area contributed by atoms with E-state index < -0.39 is 0 Å². The van der Waals surface area contributed by atoms with Crippen molar-refractivity contribution in [2.75, 3.05) is 36.5 Å². The van der Waals surface area contributed by atoms with Gasteiger partial charge in [-0.1, -0.05) is 37.4 Å². The van der Waals surface area contributed by atoms with Gasteiger partial charge in [-0.2, -0.15) is 0 Å². The maximum absolute atomic E-state index is 13.0. The Hall–Kier alpha value is -3.64. The molecule has 0 aliphatic carbocycles. The summed E-state index contributed by atoms with van der Waals surface area (Å²) in [6, 6.07) is 11.6. The van der Waals surface area contributed by atoms with E-state index >= 15 is 0 Å². The van der Waals surface area contributed by atoms with Gasteiger partial charge < -0.3 is 15.0 Å². The summed E-state index contributed by atoms with van der Waals surface area (Å²) < 4.78 is 7.58. The minimum atomic E-state index is -0.0932. The average molecular weight is 400 g/mol. The van der Waals surface area contributed by atoms with Crippen molar-refractivity contribution in [2.24, 2.45) is 0 Å². The Labute approximate surface area is 175 Å².